The van der Waals surface area contributed by atoms with Gasteiger partial charge in [-0.25, -0.2) is 0 Å². The van der Waals surface area contributed by atoms with Crippen LogP contribution in [0.3, 0.4) is 0 Å². The lowest BCUT2D eigenvalue weighted by Gasteiger charge is -2.54. The summed E-state index contributed by atoms with van der Waals surface area (Å²) >= 11 is 0. The van der Waals surface area contributed by atoms with Crippen molar-refractivity contribution in [2.45, 2.75) is 50.1 Å². The van der Waals surface area contributed by atoms with Crippen molar-refractivity contribution in [2.24, 2.45) is 0 Å². The van der Waals surface area contributed by atoms with Crippen LogP contribution in [0.25, 0.3) is 0 Å². The topological polar surface area (TPSA) is 80.3 Å². The number of morpholine rings is 1. The average molecular weight is 478 g/mol. The molecule has 1 atom stereocenters. The number of amides is 2. The molecular formula is C27H31N3O5. The summed E-state index contributed by atoms with van der Waals surface area (Å²) in [4.78, 5) is 31.0. The quantitative estimate of drug-likeness (QED) is 0.659. The van der Waals surface area contributed by atoms with Gasteiger partial charge >= 0.3 is 0 Å². The molecule has 35 heavy (non-hydrogen) atoms. The highest BCUT2D eigenvalue weighted by atomic mass is 16.7. The summed E-state index contributed by atoms with van der Waals surface area (Å²) in [6.07, 6.45) is 4.71. The molecule has 8 heteroatoms. The first-order chi connectivity index (χ1) is 17.1. The molecule has 3 aliphatic heterocycles. The lowest BCUT2D eigenvalue weighted by Crippen LogP contribution is -2.65. The van der Waals surface area contributed by atoms with Crippen molar-refractivity contribution in [2.75, 3.05) is 43.3 Å². The Morgan fingerprint density at radius 1 is 0.943 bits per heavy atom. The third-order valence-electron chi connectivity index (χ3n) is 7.80. The number of rotatable bonds is 5. The summed E-state index contributed by atoms with van der Waals surface area (Å²) in [5.41, 5.74) is 2.03. The summed E-state index contributed by atoms with van der Waals surface area (Å²) in [6.45, 7) is 3.41. The maximum absolute atomic E-state index is 13.8. The van der Waals surface area contributed by atoms with Crippen molar-refractivity contribution >= 4 is 23.2 Å². The fourth-order valence-corrected chi connectivity index (χ4v) is 5.88. The molecule has 1 aliphatic carbocycles. The van der Waals surface area contributed by atoms with Crippen LogP contribution < -0.4 is 19.7 Å². The highest BCUT2D eigenvalue weighted by Gasteiger charge is 2.55. The number of likely N-dealkylation sites (tertiary alicyclic amines) is 1. The minimum Gasteiger partial charge on any atom is -0.454 e. The SMILES string of the molecule is O=C1CC(c2ccc3c(c2)OCO3)N1C1(C(=O)Nc2ccc(N3CCOCC3)cc2)CCCCC1. The fraction of sp³-hybridized carbons (Fsp3) is 0.481. The molecule has 1 unspecified atom stereocenters. The lowest BCUT2D eigenvalue weighted by atomic mass is 9.74. The Balaban J connectivity index is 1.23. The second-order valence-corrected chi connectivity index (χ2v) is 9.79. The molecule has 2 aromatic carbocycles. The Kier molecular flexibility index (Phi) is 5.76. The van der Waals surface area contributed by atoms with Crippen LogP contribution in [0, 0.1) is 0 Å². The van der Waals surface area contributed by atoms with Gasteiger partial charge in [0.15, 0.2) is 11.5 Å². The maximum Gasteiger partial charge on any atom is 0.250 e. The number of nitrogens with zero attached hydrogens (tertiary/aromatic N) is 2. The molecule has 0 bridgehead atoms. The predicted octanol–water partition coefficient (Wildman–Crippen LogP) is 3.87. The number of benzene rings is 2. The van der Waals surface area contributed by atoms with Crippen LogP contribution in [0.1, 0.15) is 50.1 Å². The molecule has 8 nitrogen and oxygen atoms in total. The Hall–Kier alpha value is -3.26. The Morgan fingerprint density at radius 2 is 1.69 bits per heavy atom. The summed E-state index contributed by atoms with van der Waals surface area (Å²) in [5.74, 6) is 1.36. The van der Waals surface area contributed by atoms with E-state index in [4.69, 9.17) is 14.2 Å². The van der Waals surface area contributed by atoms with Gasteiger partial charge in [-0.3, -0.25) is 9.59 Å². The highest BCUT2D eigenvalue weighted by molar-refractivity contribution is 6.02. The van der Waals surface area contributed by atoms with Crippen molar-refractivity contribution < 1.29 is 23.8 Å². The molecule has 0 spiro atoms. The summed E-state index contributed by atoms with van der Waals surface area (Å²) in [6, 6.07) is 13.7. The number of anilines is 2. The predicted molar refractivity (Wildman–Crippen MR) is 131 cm³/mol. The largest absolute Gasteiger partial charge is 0.454 e. The van der Waals surface area contributed by atoms with Crippen LogP contribution in [-0.4, -0.2) is 55.3 Å². The number of hydrogen-bond donors (Lipinski definition) is 1. The number of carbonyl (C=O) groups excluding carboxylic acids is 2. The molecule has 3 fully saturated rings. The molecular weight excluding hydrogens is 446 g/mol. The van der Waals surface area contributed by atoms with E-state index in [-0.39, 0.29) is 24.6 Å². The maximum atomic E-state index is 13.8. The van der Waals surface area contributed by atoms with Crippen LogP contribution in [0.15, 0.2) is 42.5 Å². The molecule has 4 aliphatic rings. The van der Waals surface area contributed by atoms with Gasteiger partial charge in [-0.15, -0.1) is 0 Å². The van der Waals surface area contributed by atoms with E-state index in [0.29, 0.717) is 25.0 Å². The number of hydrogen-bond acceptors (Lipinski definition) is 6. The second kappa shape index (κ2) is 9.07. The Labute approximate surface area is 205 Å². The van der Waals surface area contributed by atoms with E-state index in [9.17, 15) is 9.59 Å². The molecule has 0 aromatic heterocycles. The molecule has 3 heterocycles. The number of ether oxygens (including phenoxy) is 3. The summed E-state index contributed by atoms with van der Waals surface area (Å²) in [7, 11) is 0. The smallest absolute Gasteiger partial charge is 0.250 e. The van der Waals surface area contributed by atoms with Crippen molar-refractivity contribution in [1.29, 1.82) is 0 Å². The van der Waals surface area contributed by atoms with Gasteiger partial charge < -0.3 is 29.3 Å². The molecule has 2 aromatic rings. The van der Waals surface area contributed by atoms with Gasteiger partial charge in [0, 0.05) is 24.5 Å². The van der Waals surface area contributed by atoms with E-state index < -0.39 is 5.54 Å². The first kappa shape index (κ1) is 22.2. The van der Waals surface area contributed by atoms with Gasteiger partial charge in [-0.05, 0) is 54.8 Å². The lowest BCUT2D eigenvalue weighted by molar-refractivity contribution is -0.166. The van der Waals surface area contributed by atoms with Crippen LogP contribution in [0.4, 0.5) is 11.4 Å². The standard InChI is InChI=1S/C27H31N3O5/c31-25-17-22(19-4-9-23-24(16-19)35-18-34-23)30(25)27(10-2-1-3-11-27)26(32)28-20-5-7-21(8-6-20)29-12-14-33-15-13-29/h4-9,16,22H,1-3,10-15,17-18H2,(H,28,32). The van der Waals surface area contributed by atoms with Crippen LogP contribution in [0.5, 0.6) is 11.5 Å². The zero-order chi connectivity index (χ0) is 23.8. The minimum absolute atomic E-state index is 0.0346. The molecule has 0 radical (unpaired) electrons. The molecule has 2 amide bonds. The molecule has 6 rings (SSSR count). The van der Waals surface area contributed by atoms with Crippen molar-refractivity contribution in [3.05, 3.63) is 48.0 Å². The monoisotopic (exact) mass is 477 g/mol. The van der Waals surface area contributed by atoms with Gasteiger partial charge in [0.1, 0.15) is 5.54 Å². The number of β-lactam (4-membered cyclic amide) rings is 1. The zero-order valence-electron chi connectivity index (χ0n) is 19.8. The average Bonchev–Trinajstić information content (AvgIpc) is 3.36. The normalized spacial score (nSPS) is 23.1. The van der Waals surface area contributed by atoms with E-state index >= 15 is 0 Å². The minimum atomic E-state index is -0.836. The first-order valence-corrected chi connectivity index (χ1v) is 12.6. The van der Waals surface area contributed by atoms with Gasteiger partial charge in [0.2, 0.25) is 18.6 Å². The van der Waals surface area contributed by atoms with Crippen LogP contribution >= 0.6 is 0 Å². The second-order valence-electron chi connectivity index (χ2n) is 9.79. The Bertz CT molecular complexity index is 1110. The van der Waals surface area contributed by atoms with Crippen LogP contribution in [-0.2, 0) is 14.3 Å². The van der Waals surface area contributed by atoms with E-state index in [2.05, 4.69) is 10.2 Å². The summed E-state index contributed by atoms with van der Waals surface area (Å²) in [5, 5.41) is 3.15. The number of carbonyl (C=O) groups is 2. The third kappa shape index (κ3) is 3.99. The van der Waals surface area contributed by atoms with E-state index in [1.807, 2.05) is 47.4 Å². The van der Waals surface area contributed by atoms with Crippen molar-refractivity contribution in [3.63, 3.8) is 0 Å². The molecule has 184 valence electrons. The molecule has 1 saturated carbocycles. The number of nitrogens with one attached hydrogen (secondary N) is 1. The first-order valence-electron chi connectivity index (χ1n) is 12.6. The number of fused-ring (bicyclic) bond motifs is 1. The Morgan fingerprint density at radius 3 is 2.43 bits per heavy atom. The van der Waals surface area contributed by atoms with Crippen LogP contribution in [0.2, 0.25) is 0 Å². The van der Waals surface area contributed by atoms with Gasteiger partial charge in [-0.2, -0.15) is 0 Å². The molecule has 1 N–H and O–H groups in total. The van der Waals surface area contributed by atoms with Gasteiger partial charge in [-0.1, -0.05) is 25.3 Å². The van der Waals surface area contributed by atoms with Crippen molar-refractivity contribution in [1.82, 2.24) is 4.90 Å². The third-order valence-corrected chi connectivity index (χ3v) is 7.80. The fourth-order valence-electron chi connectivity index (χ4n) is 5.88. The van der Waals surface area contributed by atoms with Crippen molar-refractivity contribution in [3.8, 4) is 11.5 Å². The van der Waals surface area contributed by atoms with E-state index in [1.54, 1.807) is 0 Å². The highest BCUT2D eigenvalue weighted by Crippen LogP contribution is 2.48. The van der Waals surface area contributed by atoms with Gasteiger partial charge in [0.05, 0.1) is 25.7 Å². The van der Waals surface area contributed by atoms with Gasteiger partial charge in [0.25, 0.3) is 0 Å². The van der Waals surface area contributed by atoms with E-state index in [1.165, 1.54) is 0 Å². The summed E-state index contributed by atoms with van der Waals surface area (Å²) < 4.78 is 16.4. The molecule has 2 saturated heterocycles. The zero-order valence-corrected chi connectivity index (χ0v) is 19.8. The van der Waals surface area contributed by atoms with E-state index in [0.717, 1.165) is 68.3 Å².